The number of aromatic nitrogens is 1. The minimum Gasteiger partial charge on any atom is -0.261 e. The first kappa shape index (κ1) is 9.20. The number of nitrogens with zero attached hydrogens (tertiary/aromatic N) is 1. The van der Waals surface area contributed by atoms with Crippen LogP contribution in [0.5, 0.6) is 0 Å². The minimum atomic E-state index is 0.641. The molecule has 0 saturated heterocycles. The van der Waals surface area contributed by atoms with Crippen molar-refractivity contribution < 1.29 is 0 Å². The molecule has 2 rings (SSSR count). The average Bonchev–Trinajstić information content (AvgIpc) is 2.91. The van der Waals surface area contributed by atoms with Crippen LogP contribution in [0, 0.1) is 12.8 Å². The number of hydrogen-bond donors (Lipinski definition) is 0. The van der Waals surface area contributed by atoms with Gasteiger partial charge in [-0.3, -0.25) is 4.98 Å². The maximum Gasteiger partial charge on any atom is 0.0415 e. The minimum absolute atomic E-state index is 0.641. The molecule has 1 aliphatic rings. The van der Waals surface area contributed by atoms with Crippen molar-refractivity contribution in [2.45, 2.75) is 31.0 Å². The number of hydrogen-bond acceptors (Lipinski definition) is 1. The number of halogens is 1. The molecule has 0 aromatic carbocycles. The summed E-state index contributed by atoms with van der Waals surface area (Å²) in [6.45, 7) is 2.07. The first-order valence-electron chi connectivity index (χ1n) is 4.81. The SMILES string of the molecule is Cc1ccc(CC(Br)C2CC2)nc1. The summed E-state index contributed by atoms with van der Waals surface area (Å²) in [5.74, 6) is 0.906. The molecule has 1 saturated carbocycles. The molecule has 1 heterocycles. The number of alkyl halides is 1. The van der Waals surface area contributed by atoms with E-state index in [0.29, 0.717) is 4.83 Å². The molecule has 0 amide bonds. The van der Waals surface area contributed by atoms with Gasteiger partial charge in [-0.05, 0) is 37.3 Å². The van der Waals surface area contributed by atoms with Gasteiger partial charge in [0.15, 0.2) is 0 Å². The van der Waals surface area contributed by atoms with Gasteiger partial charge in [0, 0.05) is 23.1 Å². The molecule has 70 valence electrons. The Balaban J connectivity index is 1.96. The molecule has 0 radical (unpaired) electrons. The van der Waals surface area contributed by atoms with Crippen molar-refractivity contribution in [2.75, 3.05) is 0 Å². The largest absolute Gasteiger partial charge is 0.261 e. The van der Waals surface area contributed by atoms with Crippen molar-refractivity contribution in [3.05, 3.63) is 29.6 Å². The molecule has 1 nitrogen and oxygen atoms in total. The van der Waals surface area contributed by atoms with E-state index >= 15 is 0 Å². The summed E-state index contributed by atoms with van der Waals surface area (Å²) < 4.78 is 0. The summed E-state index contributed by atoms with van der Waals surface area (Å²) in [7, 11) is 0. The van der Waals surface area contributed by atoms with Gasteiger partial charge in [-0.25, -0.2) is 0 Å². The van der Waals surface area contributed by atoms with Crippen LogP contribution in [0.3, 0.4) is 0 Å². The molecule has 1 atom stereocenters. The van der Waals surface area contributed by atoms with Crippen LogP contribution in [0.2, 0.25) is 0 Å². The van der Waals surface area contributed by atoms with Crippen LogP contribution in [-0.4, -0.2) is 9.81 Å². The van der Waals surface area contributed by atoms with E-state index in [-0.39, 0.29) is 0 Å². The second-order valence-corrected chi connectivity index (χ2v) is 5.06. The first-order chi connectivity index (χ1) is 6.25. The van der Waals surface area contributed by atoms with Gasteiger partial charge in [-0.2, -0.15) is 0 Å². The molecule has 0 aliphatic heterocycles. The van der Waals surface area contributed by atoms with E-state index in [1.54, 1.807) is 0 Å². The third-order valence-corrected chi connectivity index (χ3v) is 3.58. The summed E-state index contributed by atoms with van der Waals surface area (Å²) in [5, 5.41) is 0. The number of pyridine rings is 1. The Morgan fingerprint density at radius 3 is 2.85 bits per heavy atom. The molecule has 2 heteroatoms. The van der Waals surface area contributed by atoms with Crippen LogP contribution in [0.4, 0.5) is 0 Å². The second kappa shape index (κ2) is 3.79. The number of rotatable bonds is 3. The van der Waals surface area contributed by atoms with Crippen LogP contribution < -0.4 is 0 Å². The van der Waals surface area contributed by atoms with Gasteiger partial charge in [0.2, 0.25) is 0 Å². The predicted molar refractivity (Wildman–Crippen MR) is 58.1 cm³/mol. The van der Waals surface area contributed by atoms with Gasteiger partial charge in [0.1, 0.15) is 0 Å². The Hall–Kier alpha value is -0.370. The number of aryl methyl sites for hydroxylation is 1. The molecule has 1 aromatic heterocycles. The highest BCUT2D eigenvalue weighted by molar-refractivity contribution is 9.09. The van der Waals surface area contributed by atoms with Crippen molar-refractivity contribution in [1.29, 1.82) is 0 Å². The highest BCUT2D eigenvalue weighted by Crippen LogP contribution is 2.37. The standard InChI is InChI=1S/C11H14BrN/c1-8-2-5-10(13-7-8)6-11(12)9-3-4-9/h2,5,7,9,11H,3-4,6H2,1H3. The van der Waals surface area contributed by atoms with E-state index < -0.39 is 0 Å². The molecule has 1 aromatic rings. The fraction of sp³-hybridized carbons (Fsp3) is 0.545. The van der Waals surface area contributed by atoms with Crippen molar-refractivity contribution in [3.8, 4) is 0 Å². The summed E-state index contributed by atoms with van der Waals surface area (Å²) in [5.41, 5.74) is 2.45. The van der Waals surface area contributed by atoms with E-state index in [4.69, 9.17) is 0 Å². The zero-order valence-corrected chi connectivity index (χ0v) is 9.42. The Morgan fingerprint density at radius 2 is 2.31 bits per heavy atom. The fourth-order valence-electron chi connectivity index (χ4n) is 1.44. The lowest BCUT2D eigenvalue weighted by atomic mass is 10.1. The summed E-state index contributed by atoms with van der Waals surface area (Å²) in [6.07, 6.45) is 5.80. The molecule has 1 aliphatic carbocycles. The average molecular weight is 240 g/mol. The second-order valence-electron chi connectivity index (χ2n) is 3.88. The van der Waals surface area contributed by atoms with Gasteiger partial charge in [-0.15, -0.1) is 0 Å². The fourth-order valence-corrected chi connectivity index (χ4v) is 2.30. The monoisotopic (exact) mass is 239 g/mol. The van der Waals surface area contributed by atoms with Crippen LogP contribution in [0.1, 0.15) is 24.1 Å². The van der Waals surface area contributed by atoms with Crippen molar-refractivity contribution in [2.24, 2.45) is 5.92 Å². The predicted octanol–water partition coefficient (Wildman–Crippen LogP) is 3.11. The van der Waals surface area contributed by atoms with Gasteiger partial charge in [0.25, 0.3) is 0 Å². The third kappa shape index (κ3) is 2.53. The maximum absolute atomic E-state index is 4.40. The highest BCUT2D eigenvalue weighted by atomic mass is 79.9. The lowest BCUT2D eigenvalue weighted by molar-refractivity contribution is 0.746. The molecule has 0 N–H and O–H groups in total. The van der Waals surface area contributed by atoms with E-state index in [2.05, 4.69) is 40.0 Å². The van der Waals surface area contributed by atoms with Gasteiger partial charge >= 0.3 is 0 Å². The molecule has 13 heavy (non-hydrogen) atoms. The molecular weight excluding hydrogens is 226 g/mol. The lowest BCUT2D eigenvalue weighted by Gasteiger charge is -2.06. The zero-order chi connectivity index (χ0) is 9.26. The van der Waals surface area contributed by atoms with E-state index in [1.165, 1.54) is 24.1 Å². The lowest BCUT2D eigenvalue weighted by Crippen LogP contribution is -2.06. The van der Waals surface area contributed by atoms with Gasteiger partial charge < -0.3 is 0 Å². The molecule has 0 spiro atoms. The van der Waals surface area contributed by atoms with Crippen LogP contribution >= 0.6 is 15.9 Å². The third-order valence-electron chi connectivity index (χ3n) is 2.51. The highest BCUT2D eigenvalue weighted by Gasteiger charge is 2.29. The van der Waals surface area contributed by atoms with Gasteiger partial charge in [0.05, 0.1) is 0 Å². The first-order valence-corrected chi connectivity index (χ1v) is 5.73. The summed E-state index contributed by atoms with van der Waals surface area (Å²) >= 11 is 3.72. The van der Waals surface area contributed by atoms with E-state index in [1.807, 2.05) is 6.20 Å². The molecule has 1 fully saturated rings. The van der Waals surface area contributed by atoms with Crippen LogP contribution in [-0.2, 0) is 6.42 Å². The van der Waals surface area contributed by atoms with Crippen molar-refractivity contribution in [1.82, 2.24) is 4.98 Å². The normalized spacial score (nSPS) is 18.6. The molecular formula is C11H14BrN. The Labute approximate surface area is 87.7 Å². The van der Waals surface area contributed by atoms with Gasteiger partial charge in [-0.1, -0.05) is 22.0 Å². The van der Waals surface area contributed by atoms with Crippen LogP contribution in [0.15, 0.2) is 18.3 Å². The summed E-state index contributed by atoms with van der Waals surface area (Å²) in [6, 6.07) is 4.26. The quantitative estimate of drug-likeness (QED) is 0.740. The molecule has 1 unspecified atom stereocenters. The Kier molecular flexibility index (Phi) is 2.68. The smallest absolute Gasteiger partial charge is 0.0415 e. The Morgan fingerprint density at radius 1 is 1.54 bits per heavy atom. The van der Waals surface area contributed by atoms with E-state index in [0.717, 1.165) is 12.3 Å². The summed E-state index contributed by atoms with van der Waals surface area (Å²) in [4.78, 5) is 5.04. The maximum atomic E-state index is 4.40. The molecule has 0 bridgehead atoms. The Bertz CT molecular complexity index is 277. The van der Waals surface area contributed by atoms with E-state index in [9.17, 15) is 0 Å². The topological polar surface area (TPSA) is 12.9 Å². The zero-order valence-electron chi connectivity index (χ0n) is 7.83. The van der Waals surface area contributed by atoms with Crippen molar-refractivity contribution >= 4 is 15.9 Å². The van der Waals surface area contributed by atoms with Crippen LogP contribution in [0.25, 0.3) is 0 Å². The van der Waals surface area contributed by atoms with Crippen molar-refractivity contribution in [3.63, 3.8) is 0 Å².